The van der Waals surface area contributed by atoms with Crippen molar-refractivity contribution in [1.29, 1.82) is 0 Å². The summed E-state index contributed by atoms with van der Waals surface area (Å²) in [7, 11) is 0. The van der Waals surface area contributed by atoms with E-state index < -0.39 is 12.2 Å². The van der Waals surface area contributed by atoms with Crippen molar-refractivity contribution in [2.75, 3.05) is 26.3 Å². The van der Waals surface area contributed by atoms with Gasteiger partial charge < -0.3 is 15.4 Å². The van der Waals surface area contributed by atoms with Crippen LogP contribution in [0, 0.1) is 0 Å². The van der Waals surface area contributed by atoms with Gasteiger partial charge in [0.1, 0.15) is 12.8 Å². The number of benzene rings is 1. The van der Waals surface area contributed by atoms with Crippen LogP contribution >= 0.6 is 0 Å². The molecule has 4 rings (SSSR count). The third kappa shape index (κ3) is 3.17. The van der Waals surface area contributed by atoms with Gasteiger partial charge in [-0.2, -0.15) is 5.10 Å². The van der Waals surface area contributed by atoms with Gasteiger partial charge in [-0.3, -0.25) is 10.00 Å². The van der Waals surface area contributed by atoms with E-state index in [0.29, 0.717) is 26.1 Å². The summed E-state index contributed by atoms with van der Waals surface area (Å²) in [5, 5.41) is 14.6. The number of ether oxygens (including phenoxy) is 1. The van der Waals surface area contributed by atoms with Gasteiger partial charge in [0, 0.05) is 43.5 Å². The highest BCUT2D eigenvalue weighted by Crippen LogP contribution is 2.36. The predicted octanol–water partition coefficient (Wildman–Crippen LogP) is 1.91. The van der Waals surface area contributed by atoms with E-state index in [0.717, 1.165) is 16.5 Å². The highest BCUT2D eigenvalue weighted by Gasteiger charge is 2.45. The van der Waals surface area contributed by atoms with Gasteiger partial charge in [-0.15, -0.1) is 0 Å². The van der Waals surface area contributed by atoms with Crippen molar-refractivity contribution in [2.45, 2.75) is 44.0 Å². The first kappa shape index (κ1) is 18.2. The lowest BCUT2D eigenvalue weighted by Gasteiger charge is -2.48. The summed E-state index contributed by atoms with van der Waals surface area (Å²) >= 11 is 0. The van der Waals surface area contributed by atoms with Gasteiger partial charge in [-0.1, -0.05) is 12.1 Å². The smallest absolute Gasteiger partial charge is 0.411 e. The highest BCUT2D eigenvalue weighted by atomic mass is 19.1. The number of fused-ring (bicyclic) bond motifs is 1. The normalized spacial score (nSPS) is 31.4. The minimum atomic E-state index is -0.580. The molecule has 1 aromatic carbocycles. The molecule has 0 bridgehead atoms. The largest absolute Gasteiger partial charge is 0.445 e. The standard InChI is InChI=1S/C19H26FN5O2/c1-12-8-21-11-19(2,16-4-3-5-17-15(16)10-23-24-17)25(12)18(26)27-14-6-13(7-20)22-9-14/h3-5,10,12-14,21-22H,6-9,11H2,1-2H3,(H,23,24)/t12?,13-,14+,19?/m0/s1. The van der Waals surface area contributed by atoms with Crippen molar-refractivity contribution in [3.63, 3.8) is 0 Å². The van der Waals surface area contributed by atoms with Crippen LogP contribution in [0.15, 0.2) is 24.4 Å². The predicted molar refractivity (Wildman–Crippen MR) is 100 cm³/mol. The Bertz CT molecular complexity index is 827. The average Bonchev–Trinajstić information content (AvgIpc) is 3.30. The lowest BCUT2D eigenvalue weighted by molar-refractivity contribution is 0.000260. The monoisotopic (exact) mass is 375 g/mol. The van der Waals surface area contributed by atoms with E-state index in [4.69, 9.17) is 4.74 Å². The molecule has 3 N–H and O–H groups in total. The molecule has 1 amide bonds. The zero-order valence-corrected chi connectivity index (χ0v) is 15.7. The number of H-pyrrole nitrogens is 1. The molecule has 2 fully saturated rings. The summed E-state index contributed by atoms with van der Waals surface area (Å²) in [5.74, 6) is 0. The van der Waals surface area contributed by atoms with Crippen molar-refractivity contribution in [3.8, 4) is 0 Å². The summed E-state index contributed by atoms with van der Waals surface area (Å²) < 4.78 is 18.6. The first-order chi connectivity index (χ1) is 13.0. The van der Waals surface area contributed by atoms with Gasteiger partial charge in [0.15, 0.2) is 0 Å². The topological polar surface area (TPSA) is 82.3 Å². The number of carbonyl (C=O) groups is 1. The highest BCUT2D eigenvalue weighted by molar-refractivity contribution is 5.83. The molecular formula is C19H26FN5O2. The fraction of sp³-hybridized carbons (Fsp3) is 0.579. The van der Waals surface area contributed by atoms with Crippen molar-refractivity contribution in [1.82, 2.24) is 25.7 Å². The molecule has 2 unspecified atom stereocenters. The second-order valence-electron chi connectivity index (χ2n) is 7.76. The zero-order chi connectivity index (χ0) is 19.0. The van der Waals surface area contributed by atoms with Crippen molar-refractivity contribution < 1.29 is 13.9 Å². The molecule has 7 nitrogen and oxygen atoms in total. The Morgan fingerprint density at radius 1 is 1.44 bits per heavy atom. The molecule has 146 valence electrons. The second-order valence-corrected chi connectivity index (χ2v) is 7.76. The Hall–Kier alpha value is -2.19. The molecule has 0 spiro atoms. The molecule has 0 aliphatic carbocycles. The lowest BCUT2D eigenvalue weighted by atomic mass is 9.85. The van der Waals surface area contributed by atoms with E-state index in [9.17, 15) is 9.18 Å². The van der Waals surface area contributed by atoms with E-state index in [2.05, 4.69) is 27.8 Å². The maximum absolute atomic E-state index is 13.2. The fourth-order valence-corrected chi connectivity index (χ4v) is 4.42. The van der Waals surface area contributed by atoms with Crippen LogP contribution in [0.5, 0.6) is 0 Å². The quantitative estimate of drug-likeness (QED) is 0.763. The van der Waals surface area contributed by atoms with Crippen LogP contribution in [0.1, 0.15) is 25.8 Å². The van der Waals surface area contributed by atoms with Gasteiger partial charge in [0.25, 0.3) is 0 Å². The number of nitrogens with zero attached hydrogens (tertiary/aromatic N) is 2. The lowest BCUT2D eigenvalue weighted by Crippen LogP contribution is -2.63. The fourth-order valence-electron chi connectivity index (χ4n) is 4.42. The zero-order valence-electron chi connectivity index (χ0n) is 15.7. The van der Waals surface area contributed by atoms with Crippen LogP contribution in [-0.4, -0.2) is 65.7 Å². The minimum absolute atomic E-state index is 0.0373. The SMILES string of the molecule is CC1CNCC(C)(c2cccc3[nH]ncc23)N1C(=O)O[C@H]1CN[C@H](CF)C1. The first-order valence-corrected chi connectivity index (χ1v) is 9.45. The summed E-state index contributed by atoms with van der Waals surface area (Å²) in [5.41, 5.74) is 1.38. The third-order valence-corrected chi connectivity index (χ3v) is 5.78. The van der Waals surface area contributed by atoms with E-state index in [-0.39, 0.29) is 24.3 Å². The number of rotatable bonds is 3. The van der Waals surface area contributed by atoms with Gasteiger partial charge in [0.2, 0.25) is 0 Å². The molecular weight excluding hydrogens is 349 g/mol. The number of piperazine rings is 1. The molecule has 2 aliphatic rings. The number of amides is 1. The number of aromatic nitrogens is 2. The van der Waals surface area contributed by atoms with Crippen molar-refractivity contribution in [2.24, 2.45) is 0 Å². The second kappa shape index (κ2) is 7.09. The number of nitrogens with one attached hydrogen (secondary N) is 3. The molecule has 27 heavy (non-hydrogen) atoms. The van der Waals surface area contributed by atoms with Crippen LogP contribution in [0.3, 0.4) is 0 Å². The van der Waals surface area contributed by atoms with Crippen LogP contribution in [-0.2, 0) is 10.3 Å². The Kier molecular flexibility index (Phi) is 4.77. The van der Waals surface area contributed by atoms with Gasteiger partial charge >= 0.3 is 6.09 Å². The summed E-state index contributed by atoms with van der Waals surface area (Å²) in [6.07, 6.45) is 1.66. The Morgan fingerprint density at radius 3 is 3.07 bits per heavy atom. The molecule has 8 heteroatoms. The Morgan fingerprint density at radius 2 is 2.30 bits per heavy atom. The first-order valence-electron chi connectivity index (χ1n) is 9.45. The molecule has 2 aromatic rings. The molecule has 1 aromatic heterocycles. The van der Waals surface area contributed by atoms with E-state index in [1.807, 2.05) is 30.0 Å². The van der Waals surface area contributed by atoms with Crippen molar-refractivity contribution >= 4 is 17.0 Å². The van der Waals surface area contributed by atoms with Gasteiger partial charge in [0.05, 0.1) is 17.3 Å². The Balaban J connectivity index is 1.64. The molecule has 4 atom stereocenters. The van der Waals surface area contributed by atoms with Gasteiger partial charge in [-0.05, 0) is 25.5 Å². The molecule has 3 heterocycles. The van der Waals surface area contributed by atoms with Gasteiger partial charge in [-0.25, -0.2) is 9.18 Å². The maximum Gasteiger partial charge on any atom is 0.411 e. The van der Waals surface area contributed by atoms with E-state index in [1.54, 1.807) is 6.20 Å². The van der Waals surface area contributed by atoms with Crippen LogP contribution in [0.25, 0.3) is 10.9 Å². The number of halogens is 1. The third-order valence-electron chi connectivity index (χ3n) is 5.78. The van der Waals surface area contributed by atoms with Crippen LogP contribution in [0.2, 0.25) is 0 Å². The minimum Gasteiger partial charge on any atom is -0.445 e. The molecule has 0 saturated carbocycles. The molecule has 0 radical (unpaired) electrons. The van der Waals surface area contributed by atoms with Crippen LogP contribution < -0.4 is 10.6 Å². The maximum atomic E-state index is 13.2. The summed E-state index contributed by atoms with van der Waals surface area (Å²) in [4.78, 5) is 15.0. The number of hydrogen-bond donors (Lipinski definition) is 3. The molecule has 2 saturated heterocycles. The summed E-state index contributed by atoms with van der Waals surface area (Å²) in [6, 6.07) is 5.71. The van der Waals surface area contributed by atoms with E-state index in [1.165, 1.54) is 0 Å². The number of alkyl halides is 1. The Labute approximate surface area is 157 Å². The molecule has 2 aliphatic heterocycles. The van der Waals surface area contributed by atoms with Crippen LogP contribution in [0.4, 0.5) is 9.18 Å². The number of carbonyl (C=O) groups excluding carboxylic acids is 1. The average molecular weight is 375 g/mol. The van der Waals surface area contributed by atoms with E-state index >= 15 is 0 Å². The summed E-state index contributed by atoms with van der Waals surface area (Å²) in [6.45, 7) is 5.43. The van der Waals surface area contributed by atoms with Crippen molar-refractivity contribution in [3.05, 3.63) is 30.0 Å². The number of aromatic amines is 1. The number of hydrogen-bond acceptors (Lipinski definition) is 5.